The van der Waals surface area contributed by atoms with Gasteiger partial charge in [-0.15, -0.1) is 11.6 Å². The molecule has 1 aliphatic rings. The summed E-state index contributed by atoms with van der Waals surface area (Å²) in [5, 5.41) is 0. The Morgan fingerprint density at radius 1 is 1.26 bits per heavy atom. The number of rotatable bonds is 4. The molecule has 0 spiro atoms. The number of amides is 2. The van der Waals surface area contributed by atoms with Crippen molar-refractivity contribution in [3.63, 3.8) is 0 Å². The van der Waals surface area contributed by atoms with Gasteiger partial charge in [0.05, 0.1) is 18.2 Å². The number of hydrogen-bond acceptors (Lipinski definition) is 4. The van der Waals surface area contributed by atoms with Crippen molar-refractivity contribution in [3.8, 4) is 0 Å². The summed E-state index contributed by atoms with van der Waals surface area (Å²) < 4.78 is 4.63. The van der Waals surface area contributed by atoms with Gasteiger partial charge in [0.15, 0.2) is 0 Å². The van der Waals surface area contributed by atoms with Crippen molar-refractivity contribution in [2.24, 2.45) is 0 Å². The Hall–Kier alpha value is -1.88. The van der Waals surface area contributed by atoms with E-state index in [9.17, 15) is 14.4 Å². The molecule has 0 fully saturated rings. The zero-order valence-electron chi connectivity index (χ0n) is 10.3. The molecule has 1 heterocycles. The molecule has 0 saturated carbocycles. The van der Waals surface area contributed by atoms with Crippen molar-refractivity contribution in [1.29, 1.82) is 0 Å². The quantitative estimate of drug-likeness (QED) is 0.476. The van der Waals surface area contributed by atoms with Gasteiger partial charge in [-0.05, 0) is 18.6 Å². The summed E-state index contributed by atoms with van der Waals surface area (Å²) in [7, 11) is 1.21. The highest BCUT2D eigenvalue weighted by atomic mass is 35.5. The van der Waals surface area contributed by atoms with Crippen LogP contribution in [0.25, 0.3) is 0 Å². The first-order valence-electron chi connectivity index (χ1n) is 5.72. The lowest BCUT2D eigenvalue weighted by Crippen LogP contribution is -2.45. The number of alkyl halides is 1. The molecule has 0 unspecified atom stereocenters. The van der Waals surface area contributed by atoms with Gasteiger partial charge in [0.25, 0.3) is 11.8 Å². The number of carbonyl (C=O) groups is 3. The third kappa shape index (κ3) is 2.21. The number of hydrogen-bond donors (Lipinski definition) is 0. The van der Waals surface area contributed by atoms with Crippen LogP contribution in [0.15, 0.2) is 24.3 Å². The lowest BCUT2D eigenvalue weighted by molar-refractivity contribution is -0.145. The van der Waals surface area contributed by atoms with Crippen molar-refractivity contribution in [3.05, 3.63) is 35.4 Å². The molecular weight excluding hydrogens is 270 g/mol. The highest BCUT2D eigenvalue weighted by Crippen LogP contribution is 2.26. The maximum absolute atomic E-state index is 12.2. The monoisotopic (exact) mass is 281 g/mol. The molecule has 0 bridgehead atoms. The zero-order chi connectivity index (χ0) is 14.0. The number of imide groups is 1. The van der Waals surface area contributed by atoms with E-state index in [1.807, 2.05) is 0 Å². The van der Waals surface area contributed by atoms with Crippen LogP contribution in [-0.4, -0.2) is 41.7 Å². The van der Waals surface area contributed by atoms with E-state index in [2.05, 4.69) is 4.74 Å². The molecule has 19 heavy (non-hydrogen) atoms. The van der Waals surface area contributed by atoms with Crippen molar-refractivity contribution in [2.75, 3.05) is 13.0 Å². The molecular formula is C13H12ClNO4. The van der Waals surface area contributed by atoms with E-state index in [4.69, 9.17) is 11.6 Å². The van der Waals surface area contributed by atoms with Crippen LogP contribution in [0, 0.1) is 0 Å². The number of esters is 1. The Morgan fingerprint density at radius 2 is 1.79 bits per heavy atom. The van der Waals surface area contributed by atoms with Crippen molar-refractivity contribution in [1.82, 2.24) is 4.90 Å². The molecule has 2 amide bonds. The van der Waals surface area contributed by atoms with Gasteiger partial charge < -0.3 is 4.74 Å². The topological polar surface area (TPSA) is 63.7 Å². The van der Waals surface area contributed by atoms with Gasteiger partial charge >= 0.3 is 5.97 Å². The molecule has 0 radical (unpaired) electrons. The van der Waals surface area contributed by atoms with Crippen LogP contribution in [0.2, 0.25) is 0 Å². The normalized spacial score (nSPS) is 15.4. The average molecular weight is 282 g/mol. The lowest BCUT2D eigenvalue weighted by atomic mass is 10.1. The zero-order valence-corrected chi connectivity index (χ0v) is 11.0. The largest absolute Gasteiger partial charge is 0.467 e. The minimum absolute atomic E-state index is 0.146. The smallest absolute Gasteiger partial charge is 0.329 e. The fraction of sp³-hybridized carbons (Fsp3) is 0.308. The number of methoxy groups -OCH3 is 1. The Labute approximate surface area is 115 Å². The molecule has 5 nitrogen and oxygen atoms in total. The average Bonchev–Trinajstić information content (AvgIpc) is 2.68. The Bertz CT molecular complexity index is 508. The summed E-state index contributed by atoms with van der Waals surface area (Å²) in [4.78, 5) is 37.0. The second-order valence-corrected chi connectivity index (χ2v) is 4.42. The fourth-order valence-corrected chi connectivity index (χ4v) is 2.29. The van der Waals surface area contributed by atoms with Gasteiger partial charge in [0, 0.05) is 5.88 Å². The summed E-state index contributed by atoms with van der Waals surface area (Å²) in [6.07, 6.45) is 0.166. The number of benzene rings is 1. The molecule has 0 aliphatic carbocycles. The van der Waals surface area contributed by atoms with E-state index in [1.165, 1.54) is 7.11 Å². The van der Waals surface area contributed by atoms with Crippen LogP contribution < -0.4 is 0 Å². The van der Waals surface area contributed by atoms with Crippen LogP contribution in [0.5, 0.6) is 0 Å². The highest BCUT2D eigenvalue weighted by Gasteiger charge is 2.42. The molecule has 6 heteroatoms. The first kappa shape index (κ1) is 13.5. The predicted octanol–water partition coefficient (Wildman–Crippen LogP) is 1.45. The molecule has 100 valence electrons. The van der Waals surface area contributed by atoms with E-state index in [0.29, 0.717) is 11.1 Å². The van der Waals surface area contributed by atoms with Gasteiger partial charge in [-0.1, -0.05) is 12.1 Å². The third-order valence-electron chi connectivity index (χ3n) is 2.99. The first-order valence-corrected chi connectivity index (χ1v) is 6.26. The van der Waals surface area contributed by atoms with Crippen LogP contribution >= 0.6 is 11.6 Å². The minimum Gasteiger partial charge on any atom is -0.467 e. The summed E-state index contributed by atoms with van der Waals surface area (Å²) in [5.74, 6) is -1.47. The summed E-state index contributed by atoms with van der Waals surface area (Å²) >= 11 is 5.63. The van der Waals surface area contributed by atoms with Gasteiger partial charge in [-0.2, -0.15) is 0 Å². The van der Waals surface area contributed by atoms with Crippen LogP contribution in [-0.2, 0) is 9.53 Å². The van der Waals surface area contributed by atoms with Gasteiger partial charge in [-0.3, -0.25) is 14.5 Å². The number of halogens is 1. The van der Waals surface area contributed by atoms with E-state index in [1.54, 1.807) is 24.3 Å². The molecule has 2 rings (SSSR count). The number of carbonyl (C=O) groups excluding carboxylic acids is 3. The number of ether oxygens (including phenoxy) is 1. The van der Waals surface area contributed by atoms with Crippen molar-refractivity contribution in [2.45, 2.75) is 12.5 Å². The molecule has 1 atom stereocenters. The second-order valence-electron chi connectivity index (χ2n) is 4.04. The van der Waals surface area contributed by atoms with Gasteiger partial charge in [-0.25, -0.2) is 4.79 Å². The Balaban J connectivity index is 2.39. The minimum atomic E-state index is -0.977. The predicted molar refractivity (Wildman–Crippen MR) is 68.1 cm³/mol. The summed E-state index contributed by atoms with van der Waals surface area (Å²) in [5.41, 5.74) is 0.604. The lowest BCUT2D eigenvalue weighted by Gasteiger charge is -2.23. The van der Waals surface area contributed by atoms with Crippen molar-refractivity contribution < 1.29 is 19.1 Å². The first-order chi connectivity index (χ1) is 9.11. The van der Waals surface area contributed by atoms with Gasteiger partial charge in [0.1, 0.15) is 6.04 Å². The molecule has 1 aliphatic heterocycles. The number of nitrogens with zero attached hydrogens (tertiary/aromatic N) is 1. The van der Waals surface area contributed by atoms with Crippen LogP contribution in [0.3, 0.4) is 0 Å². The van der Waals surface area contributed by atoms with Crippen LogP contribution in [0.4, 0.5) is 0 Å². The molecule has 0 saturated heterocycles. The third-order valence-corrected chi connectivity index (χ3v) is 3.21. The Morgan fingerprint density at radius 3 is 2.21 bits per heavy atom. The van der Waals surface area contributed by atoms with E-state index < -0.39 is 23.8 Å². The van der Waals surface area contributed by atoms with Crippen LogP contribution in [0.1, 0.15) is 27.1 Å². The SMILES string of the molecule is COC(=O)[C@H](CCCl)N1C(=O)c2ccccc2C1=O. The van der Waals surface area contributed by atoms with E-state index in [0.717, 1.165) is 4.90 Å². The summed E-state index contributed by atoms with van der Waals surface area (Å²) in [6.45, 7) is 0. The molecule has 1 aromatic rings. The fourth-order valence-electron chi connectivity index (χ4n) is 2.08. The second kappa shape index (κ2) is 5.40. The van der Waals surface area contributed by atoms with Gasteiger partial charge in [0.2, 0.25) is 0 Å². The number of fused-ring (bicyclic) bond motifs is 1. The summed E-state index contributed by atoms with van der Waals surface area (Å²) in [6, 6.07) is 5.48. The molecule has 1 aromatic carbocycles. The van der Waals surface area contributed by atoms with E-state index in [-0.39, 0.29) is 12.3 Å². The van der Waals surface area contributed by atoms with E-state index >= 15 is 0 Å². The van der Waals surface area contributed by atoms with Crippen molar-refractivity contribution >= 4 is 29.4 Å². The maximum Gasteiger partial charge on any atom is 0.329 e. The standard InChI is InChI=1S/C13H12ClNO4/c1-19-13(18)10(6-7-14)15-11(16)8-4-2-3-5-9(8)12(15)17/h2-5,10H,6-7H2,1H3/t10-/m0/s1. The Kier molecular flexibility index (Phi) is 3.85. The highest BCUT2D eigenvalue weighted by molar-refractivity contribution is 6.23. The molecule has 0 N–H and O–H groups in total. The maximum atomic E-state index is 12.2. The molecule has 0 aromatic heterocycles.